The van der Waals surface area contributed by atoms with Crippen molar-refractivity contribution < 1.29 is 4.79 Å². The number of benzene rings is 1. The zero-order valence-corrected chi connectivity index (χ0v) is 17.0. The van der Waals surface area contributed by atoms with E-state index in [0.29, 0.717) is 6.04 Å². The number of pyridine rings is 1. The Hall–Kier alpha value is -2.67. The summed E-state index contributed by atoms with van der Waals surface area (Å²) in [5.74, 6) is 0.788. The summed E-state index contributed by atoms with van der Waals surface area (Å²) in [6, 6.07) is 10.3. The van der Waals surface area contributed by atoms with Crippen LogP contribution in [0, 0.1) is 13.8 Å². The van der Waals surface area contributed by atoms with Crippen molar-refractivity contribution in [2.24, 2.45) is 0 Å². The molecule has 6 nitrogen and oxygen atoms in total. The van der Waals surface area contributed by atoms with Gasteiger partial charge in [-0.15, -0.1) is 10.2 Å². The second kappa shape index (κ2) is 7.75. The normalized spacial score (nSPS) is 14.7. The second-order valence-corrected chi connectivity index (χ2v) is 8.47. The maximum Gasteiger partial charge on any atom is 0.237 e. The average Bonchev–Trinajstić information content (AvgIpc) is 3.45. The monoisotopic (exact) mass is 393 g/mol. The number of nitrogens with zero attached hydrogens (tertiary/aromatic N) is 4. The highest BCUT2D eigenvalue weighted by atomic mass is 32.2. The van der Waals surface area contributed by atoms with Crippen LogP contribution >= 0.6 is 11.8 Å². The van der Waals surface area contributed by atoms with Crippen molar-refractivity contribution >= 4 is 23.4 Å². The Morgan fingerprint density at radius 2 is 1.93 bits per heavy atom. The average molecular weight is 394 g/mol. The van der Waals surface area contributed by atoms with E-state index < -0.39 is 0 Å². The number of carbonyl (C=O) groups excluding carboxylic acids is 1. The molecular weight excluding hydrogens is 370 g/mol. The van der Waals surface area contributed by atoms with E-state index in [9.17, 15) is 4.79 Å². The highest BCUT2D eigenvalue weighted by Gasteiger charge is 2.31. The third kappa shape index (κ3) is 3.80. The summed E-state index contributed by atoms with van der Waals surface area (Å²) >= 11 is 1.45. The lowest BCUT2D eigenvalue weighted by molar-refractivity contribution is -0.115. The molecule has 4 rings (SSSR count). The second-order valence-electron chi connectivity index (χ2n) is 7.17. The minimum absolute atomic E-state index is 0.0318. The van der Waals surface area contributed by atoms with Gasteiger partial charge in [-0.3, -0.25) is 14.3 Å². The molecule has 2 heterocycles. The molecule has 1 atom stereocenters. The molecule has 0 unspecified atom stereocenters. The standard InChI is InChI=1S/C21H23N5OS/c1-13-6-4-7-14(2)18(13)23-20(27)15(3)28-21-25-24-19(26(21)17-9-10-17)16-8-5-11-22-12-16/h4-8,11-12,15,17H,9-10H2,1-3H3,(H,23,27)/t15-/m0/s1. The number of aromatic nitrogens is 4. The smallest absolute Gasteiger partial charge is 0.237 e. The Morgan fingerprint density at radius 1 is 1.18 bits per heavy atom. The predicted molar refractivity (Wildman–Crippen MR) is 111 cm³/mol. The lowest BCUT2D eigenvalue weighted by Crippen LogP contribution is -2.23. The molecule has 144 valence electrons. The zero-order chi connectivity index (χ0) is 19.7. The molecule has 1 N–H and O–H groups in total. The van der Waals surface area contributed by atoms with Gasteiger partial charge in [0.2, 0.25) is 5.91 Å². The van der Waals surface area contributed by atoms with Crippen LogP contribution in [0.1, 0.15) is 36.9 Å². The highest BCUT2D eigenvalue weighted by Crippen LogP contribution is 2.41. The molecule has 0 radical (unpaired) electrons. The number of hydrogen-bond donors (Lipinski definition) is 1. The maximum absolute atomic E-state index is 12.8. The molecule has 1 aliphatic carbocycles. The van der Waals surface area contributed by atoms with E-state index in [4.69, 9.17) is 0 Å². The highest BCUT2D eigenvalue weighted by molar-refractivity contribution is 8.00. The van der Waals surface area contributed by atoms with Crippen LogP contribution in [-0.2, 0) is 4.79 Å². The summed E-state index contributed by atoms with van der Waals surface area (Å²) in [7, 11) is 0. The molecule has 0 aliphatic heterocycles. The first kappa shape index (κ1) is 18.7. The SMILES string of the molecule is Cc1cccc(C)c1NC(=O)[C@H](C)Sc1nnc(-c2cccnc2)n1C1CC1. The van der Waals surface area contributed by atoms with Crippen molar-refractivity contribution in [3.8, 4) is 11.4 Å². The fourth-order valence-corrected chi connectivity index (χ4v) is 4.08. The molecule has 1 aliphatic rings. The number of thioether (sulfide) groups is 1. The topological polar surface area (TPSA) is 72.7 Å². The number of amides is 1. The van der Waals surface area contributed by atoms with Crippen molar-refractivity contribution in [3.63, 3.8) is 0 Å². The lowest BCUT2D eigenvalue weighted by atomic mass is 10.1. The first-order valence-corrected chi connectivity index (χ1v) is 10.3. The van der Waals surface area contributed by atoms with Gasteiger partial charge in [-0.2, -0.15) is 0 Å². The van der Waals surface area contributed by atoms with Gasteiger partial charge in [-0.05, 0) is 56.9 Å². The third-order valence-corrected chi connectivity index (χ3v) is 5.93. The fourth-order valence-electron chi connectivity index (χ4n) is 3.16. The quantitative estimate of drug-likeness (QED) is 0.628. The molecule has 0 saturated heterocycles. The number of hydrogen-bond acceptors (Lipinski definition) is 5. The van der Waals surface area contributed by atoms with Crippen LogP contribution in [0.3, 0.4) is 0 Å². The summed E-state index contributed by atoms with van der Waals surface area (Å²) < 4.78 is 2.16. The number of carbonyl (C=O) groups is 1. The Labute approximate surface area is 168 Å². The van der Waals surface area contributed by atoms with Gasteiger partial charge in [0.05, 0.1) is 5.25 Å². The zero-order valence-electron chi connectivity index (χ0n) is 16.2. The lowest BCUT2D eigenvalue weighted by Gasteiger charge is -2.16. The van der Waals surface area contributed by atoms with E-state index in [1.807, 2.05) is 51.1 Å². The summed E-state index contributed by atoms with van der Waals surface area (Å²) in [5, 5.41) is 12.3. The van der Waals surface area contributed by atoms with E-state index in [1.165, 1.54) is 11.8 Å². The fraction of sp³-hybridized carbons (Fsp3) is 0.333. The van der Waals surface area contributed by atoms with Gasteiger partial charge < -0.3 is 5.32 Å². The predicted octanol–water partition coefficient (Wildman–Crippen LogP) is 4.41. The Morgan fingerprint density at radius 3 is 2.57 bits per heavy atom. The van der Waals surface area contributed by atoms with Crippen molar-refractivity contribution in [3.05, 3.63) is 53.9 Å². The summed E-state index contributed by atoms with van der Waals surface area (Å²) in [6.45, 7) is 5.91. The molecule has 28 heavy (non-hydrogen) atoms. The summed E-state index contributed by atoms with van der Waals surface area (Å²) in [5.41, 5.74) is 3.96. The molecule has 1 aromatic carbocycles. The number of nitrogens with one attached hydrogen (secondary N) is 1. The van der Waals surface area contributed by atoms with Crippen molar-refractivity contribution in [1.82, 2.24) is 19.7 Å². The van der Waals surface area contributed by atoms with Crippen LogP contribution in [-0.4, -0.2) is 30.9 Å². The van der Waals surface area contributed by atoms with Crippen molar-refractivity contribution in [2.45, 2.75) is 50.1 Å². The summed E-state index contributed by atoms with van der Waals surface area (Å²) in [4.78, 5) is 17.0. The minimum atomic E-state index is -0.289. The Balaban J connectivity index is 1.54. The maximum atomic E-state index is 12.8. The van der Waals surface area contributed by atoms with Crippen LogP contribution in [0.25, 0.3) is 11.4 Å². The third-order valence-electron chi connectivity index (χ3n) is 4.88. The molecule has 0 spiro atoms. The first-order chi connectivity index (χ1) is 13.5. The van der Waals surface area contributed by atoms with Crippen LogP contribution < -0.4 is 5.32 Å². The van der Waals surface area contributed by atoms with Gasteiger partial charge in [0.15, 0.2) is 11.0 Å². The number of aryl methyl sites for hydroxylation is 2. The Kier molecular flexibility index (Phi) is 5.17. The minimum Gasteiger partial charge on any atom is -0.325 e. The molecule has 1 fully saturated rings. The number of anilines is 1. The molecule has 3 aromatic rings. The molecule has 0 bridgehead atoms. The van der Waals surface area contributed by atoms with Gasteiger partial charge in [0.1, 0.15) is 0 Å². The molecule has 1 amide bonds. The first-order valence-electron chi connectivity index (χ1n) is 9.43. The molecule has 1 saturated carbocycles. The largest absolute Gasteiger partial charge is 0.325 e. The van der Waals surface area contributed by atoms with Gasteiger partial charge in [-0.25, -0.2) is 0 Å². The van der Waals surface area contributed by atoms with E-state index in [2.05, 4.69) is 25.1 Å². The van der Waals surface area contributed by atoms with Crippen molar-refractivity contribution in [2.75, 3.05) is 5.32 Å². The van der Waals surface area contributed by atoms with Gasteiger partial charge in [0.25, 0.3) is 0 Å². The van der Waals surface area contributed by atoms with E-state index in [1.54, 1.807) is 12.4 Å². The van der Waals surface area contributed by atoms with Gasteiger partial charge in [-0.1, -0.05) is 30.0 Å². The van der Waals surface area contributed by atoms with E-state index in [0.717, 1.165) is 46.2 Å². The molecular formula is C21H23N5OS. The van der Waals surface area contributed by atoms with E-state index >= 15 is 0 Å². The number of rotatable bonds is 6. The summed E-state index contributed by atoms with van der Waals surface area (Å²) in [6.07, 6.45) is 5.77. The van der Waals surface area contributed by atoms with E-state index in [-0.39, 0.29) is 11.2 Å². The number of para-hydroxylation sites is 1. The van der Waals surface area contributed by atoms with Gasteiger partial charge in [0, 0.05) is 29.7 Å². The van der Waals surface area contributed by atoms with Crippen molar-refractivity contribution in [1.29, 1.82) is 0 Å². The van der Waals surface area contributed by atoms with Crippen LogP contribution in [0.2, 0.25) is 0 Å². The van der Waals surface area contributed by atoms with Crippen LogP contribution in [0.4, 0.5) is 5.69 Å². The van der Waals surface area contributed by atoms with Crippen LogP contribution in [0.5, 0.6) is 0 Å². The Bertz CT molecular complexity index is 977. The van der Waals surface area contributed by atoms with Gasteiger partial charge >= 0.3 is 0 Å². The molecule has 2 aromatic heterocycles. The van der Waals surface area contributed by atoms with Crippen LogP contribution in [0.15, 0.2) is 47.9 Å². The molecule has 7 heteroatoms.